The molecular weight excluding hydrogens is 280 g/mol. The van der Waals surface area contributed by atoms with Crippen LogP contribution < -0.4 is 5.73 Å². The van der Waals surface area contributed by atoms with Crippen molar-refractivity contribution in [1.29, 1.82) is 0 Å². The van der Waals surface area contributed by atoms with E-state index >= 15 is 0 Å². The lowest BCUT2D eigenvalue weighted by molar-refractivity contribution is 0.127. The highest BCUT2D eigenvalue weighted by atomic mass is 32.2. The van der Waals surface area contributed by atoms with Crippen molar-refractivity contribution < 1.29 is 13.5 Å². The van der Waals surface area contributed by atoms with Crippen molar-refractivity contribution in [3.63, 3.8) is 0 Å². The minimum Gasteiger partial charge on any atom is -0.377 e. The van der Waals surface area contributed by atoms with Gasteiger partial charge in [0.05, 0.1) is 11.0 Å². The van der Waals surface area contributed by atoms with Gasteiger partial charge < -0.3 is 10.5 Å². The van der Waals surface area contributed by atoms with Crippen LogP contribution in [0.5, 0.6) is 0 Å². The molecule has 1 aliphatic rings. The second-order valence-electron chi connectivity index (χ2n) is 5.28. The number of hydrogen-bond donors (Lipinski definition) is 1. The molecule has 1 saturated heterocycles. The fourth-order valence-electron chi connectivity index (χ4n) is 2.31. The molecule has 5 heteroatoms. The zero-order valence-corrected chi connectivity index (χ0v) is 12.7. The number of ether oxygens (including phenoxy) is 1. The standard InChI is InChI=1S/C15H21F2NOS/c1-3-11(18)6-10-7-12(16)15(13(17)8-10)20-14-4-5-19-9(14)2/h7-9,11,14H,3-6,18H2,1-2H3. The van der Waals surface area contributed by atoms with Crippen LogP contribution in [0.3, 0.4) is 0 Å². The molecule has 3 atom stereocenters. The van der Waals surface area contributed by atoms with E-state index in [1.807, 2.05) is 13.8 Å². The maximum atomic E-state index is 14.1. The molecular formula is C15H21F2NOS. The molecule has 1 fully saturated rings. The number of nitrogens with two attached hydrogens (primary N) is 1. The number of rotatable bonds is 5. The molecule has 0 saturated carbocycles. The van der Waals surface area contributed by atoms with Crippen molar-refractivity contribution in [3.8, 4) is 0 Å². The Morgan fingerprint density at radius 3 is 2.55 bits per heavy atom. The number of halogens is 2. The Balaban J connectivity index is 2.14. The normalized spacial score (nSPS) is 24.1. The monoisotopic (exact) mass is 301 g/mol. The summed E-state index contributed by atoms with van der Waals surface area (Å²) in [5.74, 6) is -0.986. The van der Waals surface area contributed by atoms with Gasteiger partial charge in [-0.15, -0.1) is 11.8 Å². The Kier molecular flexibility index (Phi) is 5.41. The molecule has 2 N–H and O–H groups in total. The molecule has 1 aromatic carbocycles. The summed E-state index contributed by atoms with van der Waals surface area (Å²) in [5.41, 5.74) is 6.45. The topological polar surface area (TPSA) is 35.2 Å². The Morgan fingerprint density at radius 1 is 1.40 bits per heavy atom. The molecule has 0 aromatic heterocycles. The van der Waals surface area contributed by atoms with E-state index in [1.54, 1.807) is 0 Å². The van der Waals surface area contributed by atoms with Gasteiger partial charge in [0.2, 0.25) is 0 Å². The fourth-order valence-corrected chi connectivity index (χ4v) is 3.44. The third-order valence-corrected chi connectivity index (χ3v) is 5.20. The van der Waals surface area contributed by atoms with E-state index in [2.05, 4.69) is 0 Å². The van der Waals surface area contributed by atoms with Crippen molar-refractivity contribution in [1.82, 2.24) is 0 Å². The summed E-state index contributed by atoms with van der Waals surface area (Å²) >= 11 is 1.24. The molecule has 0 aliphatic carbocycles. The van der Waals surface area contributed by atoms with Gasteiger partial charge in [-0.05, 0) is 43.9 Å². The van der Waals surface area contributed by atoms with Gasteiger partial charge in [0, 0.05) is 17.9 Å². The zero-order valence-electron chi connectivity index (χ0n) is 11.9. The third kappa shape index (κ3) is 3.71. The maximum absolute atomic E-state index is 14.1. The first kappa shape index (κ1) is 15.7. The largest absolute Gasteiger partial charge is 0.377 e. The lowest BCUT2D eigenvalue weighted by Crippen LogP contribution is -2.21. The fraction of sp³-hybridized carbons (Fsp3) is 0.600. The van der Waals surface area contributed by atoms with Gasteiger partial charge in [-0.1, -0.05) is 6.92 Å². The van der Waals surface area contributed by atoms with Crippen molar-refractivity contribution in [2.45, 2.75) is 55.4 Å². The average molecular weight is 301 g/mol. The van der Waals surface area contributed by atoms with E-state index in [0.717, 1.165) is 12.8 Å². The highest BCUT2D eigenvalue weighted by Crippen LogP contribution is 2.36. The van der Waals surface area contributed by atoms with E-state index in [-0.39, 0.29) is 22.3 Å². The minimum atomic E-state index is -0.493. The SMILES string of the molecule is CCC(N)Cc1cc(F)c(SC2CCOC2C)c(F)c1. The highest BCUT2D eigenvalue weighted by molar-refractivity contribution is 8.00. The van der Waals surface area contributed by atoms with Crippen LogP contribution in [0, 0.1) is 11.6 Å². The van der Waals surface area contributed by atoms with Crippen LogP contribution in [0.1, 0.15) is 32.3 Å². The number of thioether (sulfide) groups is 1. The first-order valence-corrected chi connectivity index (χ1v) is 7.91. The summed E-state index contributed by atoms with van der Waals surface area (Å²) in [6.07, 6.45) is 2.15. The molecule has 0 bridgehead atoms. The van der Waals surface area contributed by atoms with Crippen LogP contribution in [-0.2, 0) is 11.2 Å². The van der Waals surface area contributed by atoms with Crippen molar-refractivity contribution >= 4 is 11.8 Å². The van der Waals surface area contributed by atoms with Crippen molar-refractivity contribution in [2.24, 2.45) is 5.73 Å². The Morgan fingerprint density at radius 2 is 2.05 bits per heavy atom. The van der Waals surface area contributed by atoms with Gasteiger partial charge in [-0.3, -0.25) is 0 Å². The molecule has 3 unspecified atom stereocenters. The Labute approximate surface area is 123 Å². The molecule has 1 aromatic rings. The summed E-state index contributed by atoms with van der Waals surface area (Å²) in [4.78, 5) is 0.0983. The Bertz CT molecular complexity index is 446. The lowest BCUT2D eigenvalue weighted by atomic mass is 10.0. The van der Waals surface area contributed by atoms with E-state index in [4.69, 9.17) is 10.5 Å². The maximum Gasteiger partial charge on any atom is 0.140 e. The minimum absolute atomic E-state index is 0.0343. The Hall–Kier alpha value is -0.650. The van der Waals surface area contributed by atoms with Crippen molar-refractivity contribution in [2.75, 3.05) is 6.61 Å². The van der Waals surface area contributed by atoms with Gasteiger partial charge in [0.15, 0.2) is 0 Å². The molecule has 0 radical (unpaired) electrons. The van der Waals surface area contributed by atoms with E-state index in [9.17, 15) is 8.78 Å². The number of benzene rings is 1. The van der Waals surface area contributed by atoms with Gasteiger partial charge in [0.1, 0.15) is 11.6 Å². The van der Waals surface area contributed by atoms with Crippen LogP contribution in [0.2, 0.25) is 0 Å². The summed E-state index contributed by atoms with van der Waals surface area (Å²) in [7, 11) is 0. The predicted molar refractivity (Wildman–Crippen MR) is 78.0 cm³/mol. The molecule has 0 amide bonds. The van der Waals surface area contributed by atoms with Crippen molar-refractivity contribution in [3.05, 3.63) is 29.3 Å². The lowest BCUT2D eigenvalue weighted by Gasteiger charge is -2.16. The van der Waals surface area contributed by atoms with Gasteiger partial charge in [0.25, 0.3) is 0 Å². The van der Waals surface area contributed by atoms with Crippen LogP contribution in [0.4, 0.5) is 8.78 Å². The molecule has 112 valence electrons. The van der Waals surface area contributed by atoms with Crippen LogP contribution in [0.25, 0.3) is 0 Å². The molecule has 2 rings (SSSR count). The summed E-state index contributed by atoms with van der Waals surface area (Å²) in [6, 6.07) is 2.75. The molecule has 1 heterocycles. The molecule has 2 nitrogen and oxygen atoms in total. The molecule has 1 aliphatic heterocycles. The summed E-state index contributed by atoms with van der Waals surface area (Å²) in [6.45, 7) is 4.56. The van der Waals surface area contributed by atoms with Crippen LogP contribution >= 0.6 is 11.8 Å². The zero-order chi connectivity index (χ0) is 14.7. The first-order valence-electron chi connectivity index (χ1n) is 7.03. The molecule has 0 spiro atoms. The van der Waals surface area contributed by atoms with E-state index in [0.29, 0.717) is 18.6 Å². The summed E-state index contributed by atoms with van der Waals surface area (Å²) < 4.78 is 33.6. The van der Waals surface area contributed by atoms with Crippen LogP contribution in [-0.4, -0.2) is 24.0 Å². The first-order chi connectivity index (χ1) is 9.51. The van der Waals surface area contributed by atoms with E-state index < -0.39 is 11.6 Å². The second kappa shape index (κ2) is 6.87. The van der Waals surface area contributed by atoms with Gasteiger partial charge in [-0.25, -0.2) is 8.78 Å². The van der Waals surface area contributed by atoms with Gasteiger partial charge >= 0.3 is 0 Å². The quantitative estimate of drug-likeness (QED) is 0.904. The summed E-state index contributed by atoms with van der Waals surface area (Å²) in [5, 5.41) is 0.114. The second-order valence-corrected chi connectivity index (χ2v) is 6.53. The van der Waals surface area contributed by atoms with Crippen LogP contribution in [0.15, 0.2) is 17.0 Å². The third-order valence-electron chi connectivity index (χ3n) is 3.66. The number of hydrogen-bond acceptors (Lipinski definition) is 3. The predicted octanol–water partition coefficient (Wildman–Crippen LogP) is 3.51. The van der Waals surface area contributed by atoms with E-state index in [1.165, 1.54) is 23.9 Å². The average Bonchev–Trinajstić information content (AvgIpc) is 2.79. The smallest absolute Gasteiger partial charge is 0.140 e. The highest BCUT2D eigenvalue weighted by Gasteiger charge is 2.27. The van der Waals surface area contributed by atoms with Gasteiger partial charge in [-0.2, -0.15) is 0 Å². The molecule has 20 heavy (non-hydrogen) atoms.